The van der Waals surface area contributed by atoms with Crippen molar-refractivity contribution in [2.45, 2.75) is 81.5 Å². The highest BCUT2D eigenvalue weighted by molar-refractivity contribution is 6.57. The number of carboxylic acid groups (broad SMARTS) is 2. The molecule has 0 bridgehead atoms. The molecule has 0 spiro atoms. The van der Waals surface area contributed by atoms with Crippen molar-refractivity contribution < 1.29 is 78.4 Å². The van der Waals surface area contributed by atoms with Gasteiger partial charge in [0.25, 0.3) is 0 Å². The minimum atomic E-state index is -1.97. The van der Waals surface area contributed by atoms with Crippen LogP contribution < -0.4 is 44.0 Å². The van der Waals surface area contributed by atoms with E-state index in [-0.39, 0.29) is 0 Å². The molecule has 54 heavy (non-hydrogen) atoms. The number of carbonyl (C=O) groups excluding carboxylic acids is 4. The summed E-state index contributed by atoms with van der Waals surface area (Å²) >= 11 is 0. The van der Waals surface area contributed by atoms with Crippen LogP contribution in [0.3, 0.4) is 0 Å². The summed E-state index contributed by atoms with van der Waals surface area (Å²) in [5.74, 6) is -7.30. The number of nitrogens with zero attached hydrogens (tertiary/aromatic N) is 2. The van der Waals surface area contributed by atoms with Crippen LogP contribution in [-0.4, -0.2) is 159 Å². The lowest BCUT2D eigenvalue weighted by Crippen LogP contribution is -2.62. The highest BCUT2D eigenvalue weighted by atomic mass is 16.6. The summed E-state index contributed by atoms with van der Waals surface area (Å²) in [4.78, 5) is 81.5. The first-order chi connectivity index (χ1) is 25.2. The fraction of sp³-hybridized carbons (Fsp3) is 0.556. The zero-order valence-corrected chi connectivity index (χ0v) is 28.9. The topological polar surface area (TPSA) is 438 Å². The number of nitrogens with one attached hydrogen (secondary N) is 4. The van der Waals surface area contributed by atoms with Gasteiger partial charge < -0.3 is 93.6 Å². The van der Waals surface area contributed by atoms with Gasteiger partial charge in [0.05, 0.1) is 37.4 Å². The highest BCUT2D eigenvalue weighted by Gasteiger charge is 2.48. The number of ether oxygens (including phenoxy) is 4. The van der Waals surface area contributed by atoms with Gasteiger partial charge in [-0.1, -0.05) is 0 Å². The fourth-order valence-electron chi connectivity index (χ4n) is 5.24. The Morgan fingerprint density at radius 1 is 0.741 bits per heavy atom. The van der Waals surface area contributed by atoms with Gasteiger partial charge in [0, 0.05) is 13.8 Å². The molecule has 2 aliphatic heterocycles. The molecular weight excluding hydrogens is 731 g/mol. The van der Waals surface area contributed by atoms with Crippen LogP contribution in [0.5, 0.6) is 0 Å². The second kappa shape index (κ2) is 19.7. The molecule has 2 rings (SSSR count). The molecule has 0 aromatic heterocycles. The Kier molecular flexibility index (Phi) is 16.1. The lowest BCUT2D eigenvalue weighted by atomic mass is 9.81. The molecule has 0 radical (unpaired) electrons. The van der Waals surface area contributed by atoms with Gasteiger partial charge in [-0.2, -0.15) is 0 Å². The van der Waals surface area contributed by atoms with E-state index in [0.717, 1.165) is 32.8 Å². The first-order valence-corrected chi connectivity index (χ1v) is 15.7. The fourth-order valence-corrected chi connectivity index (χ4v) is 5.24. The summed E-state index contributed by atoms with van der Waals surface area (Å²) in [6.45, 7) is -0.300. The van der Waals surface area contributed by atoms with Crippen LogP contribution in [0, 0.1) is 0 Å². The smallest absolute Gasteiger partial charge is 0.396 e. The van der Waals surface area contributed by atoms with E-state index in [1.807, 2.05) is 0 Å². The van der Waals surface area contributed by atoms with Gasteiger partial charge in [0.15, 0.2) is 36.3 Å². The molecule has 2 heterocycles. The zero-order chi connectivity index (χ0) is 41.0. The van der Waals surface area contributed by atoms with Crippen LogP contribution in [0.4, 0.5) is 9.59 Å². The van der Waals surface area contributed by atoms with Gasteiger partial charge in [0.1, 0.15) is 12.2 Å². The number of aliphatic imine (C=N–C) groups is 2. The van der Waals surface area contributed by atoms with Crippen molar-refractivity contribution in [2.24, 2.45) is 32.9 Å². The Bertz CT molecular complexity index is 1430. The molecule has 27 heteroatoms. The van der Waals surface area contributed by atoms with E-state index < -0.39 is 140 Å². The molecule has 0 unspecified atom stereocenters. The lowest BCUT2D eigenvalue weighted by Gasteiger charge is -2.40. The van der Waals surface area contributed by atoms with Gasteiger partial charge in [-0.05, 0) is 19.0 Å². The van der Waals surface area contributed by atoms with Crippen molar-refractivity contribution in [3.05, 3.63) is 23.7 Å². The number of carbonyl (C=O) groups is 6. The van der Waals surface area contributed by atoms with Gasteiger partial charge >= 0.3 is 31.1 Å². The summed E-state index contributed by atoms with van der Waals surface area (Å²) in [7, 11) is 0. The Morgan fingerprint density at radius 3 is 1.33 bits per heavy atom. The van der Waals surface area contributed by atoms with Crippen LogP contribution in [0.15, 0.2) is 33.7 Å². The Balaban J connectivity index is 2.33. The number of nitrogens with two attached hydrogens (primary N) is 4. The number of guanidine groups is 2. The quantitative estimate of drug-likeness (QED) is 0.0393. The maximum atomic E-state index is 13.0. The van der Waals surface area contributed by atoms with Crippen molar-refractivity contribution in [2.75, 3.05) is 13.2 Å². The summed E-state index contributed by atoms with van der Waals surface area (Å²) in [6, 6.07) is -5.45. The SMILES string of the molecule is CB(NC(=O)O[C@@H]([C@@H]1OC(C(=O)O)=C[C@H](N=C(N)N)[C@H]1NC(C)=O)[C@H](O)CO)NC(=O)O[C@@H]([C@@H]1OC(C(=O)O)=C[C@H](N=C(N)N)[C@H]1NC(C)=O)[C@H](O)CO. The number of aliphatic hydroxyl groups excluding tert-OH is 4. The maximum Gasteiger partial charge on any atom is 0.396 e. The summed E-state index contributed by atoms with van der Waals surface area (Å²) < 4.78 is 21.4. The van der Waals surface area contributed by atoms with E-state index in [1.165, 1.54) is 0 Å². The van der Waals surface area contributed by atoms with E-state index in [9.17, 15) is 59.4 Å². The molecule has 0 aromatic carbocycles. The zero-order valence-electron chi connectivity index (χ0n) is 28.9. The average molecular weight is 775 g/mol. The molecule has 0 fully saturated rings. The van der Waals surface area contributed by atoms with Crippen molar-refractivity contribution in [1.29, 1.82) is 0 Å². The van der Waals surface area contributed by atoms with Crippen LogP contribution in [-0.2, 0) is 38.1 Å². The third-order valence-electron chi connectivity index (χ3n) is 7.31. The van der Waals surface area contributed by atoms with Crippen molar-refractivity contribution in [1.82, 2.24) is 21.1 Å². The molecule has 18 N–H and O–H groups in total. The Hall–Kier alpha value is -6.06. The number of hydrogen-bond donors (Lipinski definition) is 14. The lowest BCUT2D eigenvalue weighted by molar-refractivity contribution is -0.147. The summed E-state index contributed by atoms with van der Waals surface area (Å²) in [5.41, 5.74) is 21.9. The third kappa shape index (κ3) is 12.6. The van der Waals surface area contributed by atoms with E-state index in [1.54, 1.807) is 0 Å². The summed E-state index contributed by atoms with van der Waals surface area (Å²) in [5, 5.41) is 69.0. The van der Waals surface area contributed by atoms with Crippen LogP contribution in [0.1, 0.15) is 13.8 Å². The number of aliphatic hydroxyl groups is 4. The van der Waals surface area contributed by atoms with Crippen molar-refractivity contribution in [3.63, 3.8) is 0 Å². The molecule has 26 nitrogen and oxygen atoms in total. The molecule has 0 aromatic rings. The molecule has 4 amide bonds. The molecule has 0 aliphatic carbocycles. The van der Waals surface area contributed by atoms with E-state index in [2.05, 4.69) is 31.1 Å². The minimum absolute atomic E-state index is 0.538. The maximum absolute atomic E-state index is 13.0. The Labute approximate surface area is 305 Å². The van der Waals surface area contributed by atoms with Gasteiger partial charge in [-0.3, -0.25) is 9.59 Å². The predicted octanol–water partition coefficient (Wildman–Crippen LogP) is -6.97. The van der Waals surface area contributed by atoms with Crippen LogP contribution in [0.2, 0.25) is 6.82 Å². The third-order valence-corrected chi connectivity index (χ3v) is 7.31. The number of amides is 4. The van der Waals surface area contributed by atoms with E-state index in [0.29, 0.717) is 0 Å². The van der Waals surface area contributed by atoms with Gasteiger partial charge in [-0.15, -0.1) is 0 Å². The molecular formula is C27H43BN10O16. The second-order valence-electron chi connectivity index (χ2n) is 11.6. The largest absolute Gasteiger partial charge is 0.477 e. The number of hydrogen-bond acceptors (Lipinski definition) is 16. The van der Waals surface area contributed by atoms with E-state index in [4.69, 9.17) is 41.9 Å². The average Bonchev–Trinajstić information content (AvgIpc) is 3.05. The number of aliphatic carboxylic acids is 2. The number of carboxylic acids is 2. The number of rotatable bonds is 16. The first kappa shape index (κ1) is 44.1. The monoisotopic (exact) mass is 774 g/mol. The molecule has 300 valence electrons. The molecule has 10 atom stereocenters. The van der Waals surface area contributed by atoms with Crippen LogP contribution >= 0.6 is 0 Å². The van der Waals surface area contributed by atoms with E-state index >= 15 is 0 Å². The Morgan fingerprint density at radius 2 is 1.07 bits per heavy atom. The van der Waals surface area contributed by atoms with Gasteiger partial charge in [-0.25, -0.2) is 29.2 Å². The highest BCUT2D eigenvalue weighted by Crippen LogP contribution is 2.28. The standard InChI is InChI=1S/C27H43BN10O16/c1-8(41)33-16-10(35-24(29)30)4-14(22(45)46)51-20(16)18(12(43)6-39)53-26(49)37-28(3)38-27(50)54-19(13(44)7-40)21-17(34-9(2)42)11(36-25(31)32)5-15(52-21)23(47)48/h4-5,10-13,16-21,39-40,43-44H,6-7H2,1-3H3,(H,33,41)(H,34,42)(H,37,49)(H,38,50)(H,45,46)(H,47,48)(H4,29,30,35)(H4,31,32,36)/t10-,11-,12+,13+,16+,17+,18+,19+,20+,21+/m0/s1. The molecule has 0 saturated carbocycles. The second-order valence-corrected chi connectivity index (χ2v) is 11.6. The predicted molar refractivity (Wildman–Crippen MR) is 180 cm³/mol. The van der Waals surface area contributed by atoms with Crippen LogP contribution in [0.25, 0.3) is 0 Å². The van der Waals surface area contributed by atoms with Crippen molar-refractivity contribution >= 4 is 54.8 Å². The summed E-state index contributed by atoms with van der Waals surface area (Å²) in [6.07, 6.45) is -12.3. The normalized spacial score (nSPS) is 24.0. The van der Waals surface area contributed by atoms with Gasteiger partial charge in [0.2, 0.25) is 23.3 Å². The minimum Gasteiger partial charge on any atom is -0.477 e. The molecule has 2 aliphatic rings. The molecule has 0 saturated heterocycles. The van der Waals surface area contributed by atoms with Crippen molar-refractivity contribution in [3.8, 4) is 0 Å². The first-order valence-electron chi connectivity index (χ1n) is 15.7.